The Kier molecular flexibility index (Phi) is 5.29. The summed E-state index contributed by atoms with van der Waals surface area (Å²) in [7, 11) is 1.86. The first-order valence-electron chi connectivity index (χ1n) is 7.90. The number of ether oxygens (including phenoxy) is 1. The lowest BCUT2D eigenvalue weighted by atomic mass is 9.78. The van der Waals surface area contributed by atoms with Crippen LogP contribution in [-0.4, -0.2) is 13.2 Å². The van der Waals surface area contributed by atoms with Gasteiger partial charge in [0.15, 0.2) is 0 Å². The van der Waals surface area contributed by atoms with Crippen molar-refractivity contribution < 1.29 is 4.74 Å². The molecule has 0 aromatic heterocycles. The molecule has 2 saturated carbocycles. The van der Waals surface area contributed by atoms with E-state index < -0.39 is 0 Å². The second-order valence-electron chi connectivity index (χ2n) is 6.73. The van der Waals surface area contributed by atoms with Gasteiger partial charge in [-0.1, -0.05) is 38.8 Å². The molecule has 3 unspecified atom stereocenters. The second-order valence-corrected chi connectivity index (χ2v) is 6.73. The zero-order chi connectivity index (χ0) is 13.0. The van der Waals surface area contributed by atoms with Crippen molar-refractivity contribution in [3.8, 4) is 0 Å². The van der Waals surface area contributed by atoms with Crippen LogP contribution in [-0.2, 0) is 4.74 Å². The van der Waals surface area contributed by atoms with Crippen molar-refractivity contribution in [3.05, 3.63) is 12.2 Å². The molecular weight excluding hydrogens is 220 g/mol. The minimum absolute atomic E-state index is 0.505. The minimum Gasteiger partial charge on any atom is -0.381 e. The third-order valence-electron chi connectivity index (χ3n) is 5.15. The number of methoxy groups -OCH3 is 1. The predicted octanol–water partition coefficient (Wildman–Crippen LogP) is 4.82. The van der Waals surface area contributed by atoms with Crippen molar-refractivity contribution in [1.29, 1.82) is 0 Å². The fourth-order valence-corrected chi connectivity index (χ4v) is 3.73. The molecule has 0 aliphatic heterocycles. The average molecular weight is 250 g/mol. The largest absolute Gasteiger partial charge is 0.381 e. The summed E-state index contributed by atoms with van der Waals surface area (Å²) in [6.45, 7) is 4.74. The molecule has 2 aliphatic carbocycles. The van der Waals surface area contributed by atoms with E-state index in [1.165, 1.54) is 44.9 Å². The van der Waals surface area contributed by atoms with Crippen LogP contribution in [0.1, 0.15) is 58.8 Å². The van der Waals surface area contributed by atoms with Gasteiger partial charge in [0.25, 0.3) is 0 Å². The quantitative estimate of drug-likeness (QED) is 0.652. The Labute approximate surface area is 113 Å². The van der Waals surface area contributed by atoms with Crippen LogP contribution >= 0.6 is 0 Å². The van der Waals surface area contributed by atoms with E-state index in [1.807, 2.05) is 7.11 Å². The van der Waals surface area contributed by atoms with Gasteiger partial charge >= 0.3 is 0 Å². The van der Waals surface area contributed by atoms with Crippen LogP contribution in [0.4, 0.5) is 0 Å². The Morgan fingerprint density at radius 2 is 1.44 bits per heavy atom. The van der Waals surface area contributed by atoms with Crippen molar-refractivity contribution in [1.82, 2.24) is 0 Å². The maximum Gasteiger partial charge on any atom is 0.0597 e. The van der Waals surface area contributed by atoms with Crippen LogP contribution in [0.3, 0.4) is 0 Å². The van der Waals surface area contributed by atoms with Crippen LogP contribution in [0.25, 0.3) is 0 Å². The van der Waals surface area contributed by atoms with Gasteiger partial charge in [-0.3, -0.25) is 0 Å². The van der Waals surface area contributed by atoms with Crippen LogP contribution < -0.4 is 0 Å². The number of rotatable bonds is 3. The molecule has 0 saturated heterocycles. The lowest BCUT2D eigenvalue weighted by Gasteiger charge is -2.32. The summed E-state index contributed by atoms with van der Waals surface area (Å²) in [5, 5.41) is 0. The maximum absolute atomic E-state index is 5.53. The topological polar surface area (TPSA) is 9.23 Å². The Morgan fingerprint density at radius 3 is 2.06 bits per heavy atom. The van der Waals surface area contributed by atoms with Crippen molar-refractivity contribution >= 4 is 0 Å². The smallest absolute Gasteiger partial charge is 0.0597 e. The Balaban J connectivity index is 1.76. The Morgan fingerprint density at radius 1 is 0.833 bits per heavy atom. The van der Waals surface area contributed by atoms with Gasteiger partial charge in [0.2, 0.25) is 0 Å². The molecule has 1 heteroatoms. The van der Waals surface area contributed by atoms with Crippen molar-refractivity contribution in [2.45, 2.75) is 64.9 Å². The van der Waals surface area contributed by atoms with E-state index in [9.17, 15) is 0 Å². The summed E-state index contributed by atoms with van der Waals surface area (Å²) in [6.07, 6.45) is 15.2. The normalized spacial score (nSPS) is 42.3. The standard InChI is InChI=1S/C17H30O/c1-13-4-6-15(7-5-13)8-9-16-10-11-17(18-3)14(2)12-16/h8-9,13-17H,4-7,10-12H2,1-3H3. The molecule has 104 valence electrons. The molecule has 0 heterocycles. The monoisotopic (exact) mass is 250 g/mol. The van der Waals surface area contributed by atoms with Gasteiger partial charge in [0, 0.05) is 7.11 Å². The number of hydrogen-bond acceptors (Lipinski definition) is 1. The highest BCUT2D eigenvalue weighted by Crippen LogP contribution is 2.33. The lowest BCUT2D eigenvalue weighted by molar-refractivity contribution is 0.0215. The van der Waals surface area contributed by atoms with E-state index in [4.69, 9.17) is 4.74 Å². The fourth-order valence-electron chi connectivity index (χ4n) is 3.73. The highest BCUT2D eigenvalue weighted by Gasteiger charge is 2.26. The first kappa shape index (κ1) is 14.1. The van der Waals surface area contributed by atoms with E-state index in [2.05, 4.69) is 26.0 Å². The number of allylic oxidation sites excluding steroid dienone is 2. The van der Waals surface area contributed by atoms with Gasteiger partial charge in [-0.2, -0.15) is 0 Å². The van der Waals surface area contributed by atoms with Crippen LogP contribution in [0, 0.1) is 23.7 Å². The van der Waals surface area contributed by atoms with Crippen LogP contribution in [0.15, 0.2) is 12.2 Å². The fraction of sp³-hybridized carbons (Fsp3) is 0.882. The Hall–Kier alpha value is -0.300. The molecule has 18 heavy (non-hydrogen) atoms. The minimum atomic E-state index is 0.505. The summed E-state index contributed by atoms with van der Waals surface area (Å²) < 4.78 is 5.53. The number of hydrogen-bond donors (Lipinski definition) is 0. The molecule has 2 fully saturated rings. The average Bonchev–Trinajstić information content (AvgIpc) is 2.38. The molecule has 0 radical (unpaired) electrons. The molecule has 0 amide bonds. The van der Waals surface area contributed by atoms with Crippen LogP contribution in [0.2, 0.25) is 0 Å². The van der Waals surface area contributed by atoms with E-state index in [-0.39, 0.29) is 0 Å². The molecule has 1 nitrogen and oxygen atoms in total. The maximum atomic E-state index is 5.53. The summed E-state index contributed by atoms with van der Waals surface area (Å²) in [6, 6.07) is 0. The Bertz CT molecular complexity index is 263. The summed E-state index contributed by atoms with van der Waals surface area (Å²) in [5.74, 6) is 3.37. The lowest BCUT2D eigenvalue weighted by Crippen LogP contribution is -2.28. The van der Waals surface area contributed by atoms with Gasteiger partial charge in [0.05, 0.1) is 6.10 Å². The van der Waals surface area contributed by atoms with Crippen LogP contribution in [0.5, 0.6) is 0 Å². The van der Waals surface area contributed by atoms with Gasteiger partial charge < -0.3 is 4.74 Å². The zero-order valence-electron chi connectivity index (χ0n) is 12.4. The highest BCUT2D eigenvalue weighted by atomic mass is 16.5. The first-order chi connectivity index (χ1) is 8.69. The molecule has 0 bridgehead atoms. The molecule has 2 rings (SSSR count). The van der Waals surface area contributed by atoms with E-state index in [1.54, 1.807) is 0 Å². The molecule has 2 aliphatic rings. The predicted molar refractivity (Wildman–Crippen MR) is 77.6 cm³/mol. The highest BCUT2D eigenvalue weighted by molar-refractivity contribution is 4.97. The van der Waals surface area contributed by atoms with Gasteiger partial charge in [-0.15, -0.1) is 0 Å². The molecule has 0 spiro atoms. The van der Waals surface area contributed by atoms with Crippen molar-refractivity contribution in [2.75, 3.05) is 7.11 Å². The third kappa shape index (κ3) is 3.85. The van der Waals surface area contributed by atoms with Crippen molar-refractivity contribution in [3.63, 3.8) is 0 Å². The SMILES string of the molecule is COC1CCC(C=CC2CCC(C)CC2)CC1C. The van der Waals surface area contributed by atoms with Crippen molar-refractivity contribution in [2.24, 2.45) is 23.7 Å². The summed E-state index contributed by atoms with van der Waals surface area (Å²) in [5.41, 5.74) is 0. The molecular formula is C17H30O. The second kappa shape index (κ2) is 6.75. The van der Waals surface area contributed by atoms with Gasteiger partial charge in [-0.05, 0) is 55.8 Å². The molecule has 0 aromatic rings. The molecule has 0 aromatic carbocycles. The first-order valence-corrected chi connectivity index (χ1v) is 7.90. The van der Waals surface area contributed by atoms with E-state index in [0.29, 0.717) is 6.10 Å². The van der Waals surface area contributed by atoms with Gasteiger partial charge in [-0.25, -0.2) is 0 Å². The summed E-state index contributed by atoms with van der Waals surface area (Å²) in [4.78, 5) is 0. The van der Waals surface area contributed by atoms with E-state index >= 15 is 0 Å². The molecule has 3 atom stereocenters. The zero-order valence-corrected chi connectivity index (χ0v) is 12.4. The van der Waals surface area contributed by atoms with E-state index in [0.717, 1.165) is 23.7 Å². The van der Waals surface area contributed by atoms with Gasteiger partial charge in [0.1, 0.15) is 0 Å². The molecule has 0 N–H and O–H groups in total. The summed E-state index contributed by atoms with van der Waals surface area (Å²) >= 11 is 0. The third-order valence-corrected chi connectivity index (χ3v) is 5.15.